The Hall–Kier alpha value is -1.73. The quantitative estimate of drug-likeness (QED) is 0.759. The van der Waals surface area contributed by atoms with Crippen molar-refractivity contribution in [1.29, 1.82) is 5.26 Å². The Bertz CT molecular complexity index is 480. The van der Waals surface area contributed by atoms with Crippen molar-refractivity contribution in [3.8, 4) is 6.07 Å². The molecule has 88 valence electrons. The summed E-state index contributed by atoms with van der Waals surface area (Å²) in [6, 6.07) is 7.94. The molecule has 1 aromatic carbocycles. The summed E-state index contributed by atoms with van der Waals surface area (Å²) in [5.41, 5.74) is 7.86. The molecule has 2 aliphatic heterocycles. The van der Waals surface area contributed by atoms with Gasteiger partial charge in [0.2, 0.25) is 0 Å². The molecule has 0 aromatic heterocycles. The number of nitriles is 1. The third kappa shape index (κ3) is 1.73. The topological polar surface area (TPSA) is 71.1 Å². The first kappa shape index (κ1) is 10.4. The monoisotopic (exact) mass is 229 g/mol. The predicted molar refractivity (Wildman–Crippen MR) is 65.5 cm³/mol. The summed E-state index contributed by atoms with van der Waals surface area (Å²) in [5, 5.41) is 12.3. The summed E-state index contributed by atoms with van der Waals surface area (Å²) in [4.78, 5) is 0. The van der Waals surface area contributed by atoms with Crippen LogP contribution in [-0.4, -0.2) is 18.2 Å². The van der Waals surface area contributed by atoms with Crippen LogP contribution < -0.4 is 11.1 Å². The van der Waals surface area contributed by atoms with Gasteiger partial charge in [-0.1, -0.05) is 6.07 Å². The average Bonchev–Trinajstić information content (AvgIpc) is 2.94. The normalized spacial score (nSPS) is 30.2. The zero-order valence-corrected chi connectivity index (χ0v) is 9.52. The van der Waals surface area contributed by atoms with E-state index in [1.165, 1.54) is 6.42 Å². The lowest BCUT2D eigenvalue weighted by Crippen LogP contribution is -2.30. The standard InChI is InChI=1S/C13H15N3O/c14-7-8-2-1-3-10(13(8)15)16-11-6-9-4-5-12(11)17-9/h1-3,9,11-12,16H,4-6,15H2. The number of fused-ring (bicyclic) bond motifs is 2. The molecule has 0 spiro atoms. The molecule has 2 fully saturated rings. The predicted octanol–water partition coefficient (Wildman–Crippen LogP) is 1.87. The van der Waals surface area contributed by atoms with Crippen LogP contribution in [0.15, 0.2) is 18.2 Å². The number of hydrogen-bond acceptors (Lipinski definition) is 4. The minimum Gasteiger partial charge on any atom is -0.396 e. The number of nitrogens with zero attached hydrogens (tertiary/aromatic N) is 1. The summed E-state index contributed by atoms with van der Waals surface area (Å²) in [5.74, 6) is 0. The SMILES string of the molecule is N#Cc1cccc(NC2CC3CCC2O3)c1N. The largest absolute Gasteiger partial charge is 0.396 e. The maximum Gasteiger partial charge on any atom is 0.101 e. The fourth-order valence-corrected chi connectivity index (χ4v) is 2.78. The fourth-order valence-electron chi connectivity index (χ4n) is 2.78. The van der Waals surface area contributed by atoms with Gasteiger partial charge in [-0.05, 0) is 31.4 Å². The van der Waals surface area contributed by atoms with E-state index in [1.807, 2.05) is 12.1 Å². The van der Waals surface area contributed by atoms with Crippen molar-refractivity contribution in [2.24, 2.45) is 0 Å². The Balaban J connectivity index is 1.80. The summed E-state index contributed by atoms with van der Waals surface area (Å²) >= 11 is 0. The second-order valence-electron chi connectivity index (χ2n) is 4.74. The Morgan fingerprint density at radius 1 is 1.41 bits per heavy atom. The van der Waals surface area contributed by atoms with Crippen LogP contribution >= 0.6 is 0 Å². The fraction of sp³-hybridized carbons (Fsp3) is 0.462. The second-order valence-corrected chi connectivity index (χ2v) is 4.74. The highest BCUT2D eigenvalue weighted by Crippen LogP contribution is 2.37. The maximum absolute atomic E-state index is 8.93. The van der Waals surface area contributed by atoms with Crippen LogP contribution in [0.25, 0.3) is 0 Å². The van der Waals surface area contributed by atoms with Gasteiger partial charge in [0.25, 0.3) is 0 Å². The Kier molecular flexibility index (Phi) is 2.41. The van der Waals surface area contributed by atoms with Gasteiger partial charge in [0.15, 0.2) is 0 Å². The summed E-state index contributed by atoms with van der Waals surface area (Å²) < 4.78 is 5.79. The van der Waals surface area contributed by atoms with Crippen molar-refractivity contribution in [3.05, 3.63) is 23.8 Å². The highest BCUT2D eigenvalue weighted by atomic mass is 16.5. The number of nitrogens with two attached hydrogens (primary N) is 1. The smallest absolute Gasteiger partial charge is 0.101 e. The third-order valence-electron chi connectivity index (χ3n) is 3.67. The number of para-hydroxylation sites is 1. The molecule has 17 heavy (non-hydrogen) atoms. The molecule has 3 atom stereocenters. The van der Waals surface area contributed by atoms with E-state index in [4.69, 9.17) is 15.7 Å². The van der Waals surface area contributed by atoms with Gasteiger partial charge in [0, 0.05) is 0 Å². The lowest BCUT2D eigenvalue weighted by atomic mass is 9.95. The first-order valence-corrected chi connectivity index (χ1v) is 5.98. The van der Waals surface area contributed by atoms with Gasteiger partial charge >= 0.3 is 0 Å². The molecule has 3 unspecified atom stereocenters. The molecule has 2 bridgehead atoms. The van der Waals surface area contributed by atoms with Crippen molar-refractivity contribution in [2.45, 2.75) is 37.5 Å². The molecule has 2 saturated heterocycles. The Labute approximate surface area is 100 Å². The minimum atomic E-state index is 0.310. The van der Waals surface area contributed by atoms with Gasteiger partial charge in [0.05, 0.1) is 35.2 Å². The van der Waals surface area contributed by atoms with Crippen LogP contribution in [0, 0.1) is 11.3 Å². The van der Waals surface area contributed by atoms with E-state index in [0.29, 0.717) is 29.5 Å². The zero-order chi connectivity index (χ0) is 11.8. The van der Waals surface area contributed by atoms with Gasteiger partial charge in [-0.25, -0.2) is 0 Å². The van der Waals surface area contributed by atoms with Crippen molar-refractivity contribution in [2.75, 3.05) is 11.1 Å². The van der Waals surface area contributed by atoms with Gasteiger partial charge < -0.3 is 15.8 Å². The Morgan fingerprint density at radius 2 is 2.29 bits per heavy atom. The molecule has 4 nitrogen and oxygen atoms in total. The molecule has 2 aliphatic rings. The van der Waals surface area contributed by atoms with Crippen LogP contribution in [0.2, 0.25) is 0 Å². The summed E-state index contributed by atoms with van der Waals surface area (Å²) in [6.45, 7) is 0. The molecule has 4 heteroatoms. The van der Waals surface area contributed by atoms with Gasteiger partial charge in [-0.3, -0.25) is 0 Å². The van der Waals surface area contributed by atoms with Crippen LogP contribution in [0.4, 0.5) is 11.4 Å². The van der Waals surface area contributed by atoms with Crippen molar-refractivity contribution in [1.82, 2.24) is 0 Å². The Morgan fingerprint density at radius 3 is 2.94 bits per heavy atom. The van der Waals surface area contributed by atoms with E-state index in [2.05, 4.69) is 11.4 Å². The van der Waals surface area contributed by atoms with Gasteiger partial charge in [0.1, 0.15) is 6.07 Å². The van der Waals surface area contributed by atoms with Crippen molar-refractivity contribution >= 4 is 11.4 Å². The third-order valence-corrected chi connectivity index (χ3v) is 3.67. The minimum absolute atomic E-state index is 0.310. The second kappa shape index (κ2) is 3.94. The number of rotatable bonds is 2. The molecule has 2 heterocycles. The van der Waals surface area contributed by atoms with Crippen molar-refractivity contribution < 1.29 is 4.74 Å². The molecular weight excluding hydrogens is 214 g/mol. The number of nitrogens with one attached hydrogen (secondary N) is 1. The van der Waals surface area contributed by atoms with Crippen LogP contribution in [0.5, 0.6) is 0 Å². The molecule has 1 aromatic rings. The van der Waals surface area contributed by atoms with E-state index in [1.54, 1.807) is 6.07 Å². The number of anilines is 2. The van der Waals surface area contributed by atoms with Crippen LogP contribution in [0.1, 0.15) is 24.8 Å². The lowest BCUT2D eigenvalue weighted by molar-refractivity contribution is 0.102. The number of benzene rings is 1. The summed E-state index contributed by atoms with van der Waals surface area (Å²) in [7, 11) is 0. The average molecular weight is 229 g/mol. The molecule has 0 saturated carbocycles. The number of nitrogen functional groups attached to an aromatic ring is 1. The van der Waals surface area contributed by atoms with E-state index in [9.17, 15) is 0 Å². The molecular formula is C13H15N3O. The molecule has 0 aliphatic carbocycles. The van der Waals surface area contributed by atoms with Gasteiger partial charge in [-0.15, -0.1) is 0 Å². The van der Waals surface area contributed by atoms with E-state index >= 15 is 0 Å². The zero-order valence-electron chi connectivity index (χ0n) is 9.52. The molecule has 3 N–H and O–H groups in total. The highest BCUT2D eigenvalue weighted by molar-refractivity contribution is 5.73. The molecule has 0 amide bonds. The van der Waals surface area contributed by atoms with Gasteiger partial charge in [-0.2, -0.15) is 5.26 Å². The van der Waals surface area contributed by atoms with Crippen molar-refractivity contribution in [3.63, 3.8) is 0 Å². The van der Waals surface area contributed by atoms with E-state index < -0.39 is 0 Å². The first-order valence-electron chi connectivity index (χ1n) is 5.98. The molecule has 3 rings (SSSR count). The number of hydrogen-bond donors (Lipinski definition) is 2. The summed E-state index contributed by atoms with van der Waals surface area (Å²) in [6.07, 6.45) is 4.07. The number of ether oxygens (including phenoxy) is 1. The van der Waals surface area contributed by atoms with Crippen LogP contribution in [-0.2, 0) is 4.74 Å². The highest BCUT2D eigenvalue weighted by Gasteiger charge is 2.40. The van der Waals surface area contributed by atoms with E-state index in [-0.39, 0.29) is 0 Å². The first-order chi connectivity index (χ1) is 8.28. The van der Waals surface area contributed by atoms with Crippen LogP contribution in [0.3, 0.4) is 0 Å². The molecule has 0 radical (unpaired) electrons. The maximum atomic E-state index is 8.93. The lowest BCUT2D eigenvalue weighted by Gasteiger charge is -2.22. The van der Waals surface area contributed by atoms with E-state index in [0.717, 1.165) is 18.5 Å².